The van der Waals surface area contributed by atoms with Crippen molar-refractivity contribution in [2.45, 2.75) is 51.1 Å². The lowest BCUT2D eigenvalue weighted by molar-refractivity contribution is -0.129. The number of carbonyl (C=O) groups is 2. The smallest absolute Gasteiger partial charge is 0.242 e. The van der Waals surface area contributed by atoms with Gasteiger partial charge in [-0.25, -0.2) is 9.97 Å². The standard InChI is InChI=1S/C22H29N5O2/c1-2-8-19(26-20(28)15-17-9-4-3-5-10-17)21(29)25-18-11-6-14-27(16-18)22-23-12-7-13-24-22/h3-5,7,9-10,12-13,18-19H,2,6,8,11,14-16H2,1H3,(H,25,29)(H,26,28). The van der Waals surface area contributed by atoms with Crippen molar-refractivity contribution >= 4 is 17.8 Å². The molecule has 2 heterocycles. The molecule has 1 fully saturated rings. The maximum absolute atomic E-state index is 12.9. The number of rotatable bonds is 8. The highest BCUT2D eigenvalue weighted by molar-refractivity contribution is 5.88. The summed E-state index contributed by atoms with van der Waals surface area (Å²) in [6.45, 7) is 3.56. The minimum absolute atomic E-state index is 0.0189. The molecule has 1 aromatic heterocycles. The second-order valence-electron chi connectivity index (χ2n) is 7.41. The average molecular weight is 396 g/mol. The maximum atomic E-state index is 12.9. The third-order valence-electron chi connectivity index (χ3n) is 5.04. The quantitative estimate of drug-likeness (QED) is 0.715. The first-order valence-electron chi connectivity index (χ1n) is 10.3. The highest BCUT2D eigenvalue weighted by atomic mass is 16.2. The van der Waals surface area contributed by atoms with Crippen molar-refractivity contribution in [1.29, 1.82) is 0 Å². The molecular weight excluding hydrogens is 366 g/mol. The zero-order valence-corrected chi connectivity index (χ0v) is 16.9. The first-order chi connectivity index (χ1) is 14.2. The van der Waals surface area contributed by atoms with E-state index in [9.17, 15) is 9.59 Å². The van der Waals surface area contributed by atoms with Gasteiger partial charge >= 0.3 is 0 Å². The Morgan fingerprint density at radius 2 is 1.93 bits per heavy atom. The summed E-state index contributed by atoms with van der Waals surface area (Å²) < 4.78 is 0. The molecule has 3 rings (SSSR count). The zero-order chi connectivity index (χ0) is 20.5. The maximum Gasteiger partial charge on any atom is 0.242 e. The fourth-order valence-corrected chi connectivity index (χ4v) is 3.62. The molecule has 0 saturated carbocycles. The van der Waals surface area contributed by atoms with E-state index in [0.29, 0.717) is 18.9 Å². The van der Waals surface area contributed by atoms with E-state index >= 15 is 0 Å². The van der Waals surface area contributed by atoms with Gasteiger partial charge in [0.15, 0.2) is 0 Å². The molecule has 0 radical (unpaired) electrons. The molecule has 1 aromatic carbocycles. The predicted molar refractivity (Wildman–Crippen MR) is 112 cm³/mol. The summed E-state index contributed by atoms with van der Waals surface area (Å²) in [7, 11) is 0. The van der Waals surface area contributed by atoms with Crippen LogP contribution in [0.3, 0.4) is 0 Å². The number of nitrogens with zero attached hydrogens (tertiary/aromatic N) is 3. The van der Waals surface area contributed by atoms with Gasteiger partial charge in [0.2, 0.25) is 17.8 Å². The van der Waals surface area contributed by atoms with Crippen LogP contribution in [0.4, 0.5) is 5.95 Å². The van der Waals surface area contributed by atoms with Crippen molar-refractivity contribution in [2.75, 3.05) is 18.0 Å². The monoisotopic (exact) mass is 395 g/mol. The Balaban J connectivity index is 1.55. The van der Waals surface area contributed by atoms with Crippen LogP contribution in [0.15, 0.2) is 48.8 Å². The van der Waals surface area contributed by atoms with Gasteiger partial charge in [-0.1, -0.05) is 43.7 Å². The summed E-state index contributed by atoms with van der Waals surface area (Å²) in [6, 6.07) is 10.9. The van der Waals surface area contributed by atoms with Crippen molar-refractivity contribution < 1.29 is 9.59 Å². The van der Waals surface area contributed by atoms with E-state index < -0.39 is 6.04 Å². The van der Waals surface area contributed by atoms with E-state index in [2.05, 4.69) is 25.5 Å². The average Bonchev–Trinajstić information content (AvgIpc) is 2.75. The van der Waals surface area contributed by atoms with Crippen molar-refractivity contribution in [2.24, 2.45) is 0 Å². The molecule has 2 aromatic rings. The molecule has 1 aliphatic heterocycles. The Bertz CT molecular complexity index is 784. The Morgan fingerprint density at radius 1 is 1.17 bits per heavy atom. The van der Waals surface area contributed by atoms with Gasteiger partial charge in [-0.3, -0.25) is 9.59 Å². The van der Waals surface area contributed by atoms with Crippen LogP contribution in [0, 0.1) is 0 Å². The molecule has 0 aliphatic carbocycles. The van der Waals surface area contributed by atoms with Gasteiger partial charge in [0.1, 0.15) is 6.04 Å². The highest BCUT2D eigenvalue weighted by Gasteiger charge is 2.26. The van der Waals surface area contributed by atoms with Crippen LogP contribution >= 0.6 is 0 Å². The molecule has 0 bridgehead atoms. The van der Waals surface area contributed by atoms with Crippen LogP contribution in [0.5, 0.6) is 0 Å². The van der Waals surface area contributed by atoms with Crippen LogP contribution in [0.2, 0.25) is 0 Å². The largest absolute Gasteiger partial charge is 0.350 e. The van der Waals surface area contributed by atoms with E-state index in [0.717, 1.165) is 31.4 Å². The van der Waals surface area contributed by atoms with Crippen LogP contribution in [0.1, 0.15) is 38.2 Å². The summed E-state index contributed by atoms with van der Waals surface area (Å²) in [4.78, 5) is 36.0. The number of hydrogen-bond acceptors (Lipinski definition) is 5. The summed E-state index contributed by atoms with van der Waals surface area (Å²) in [5.74, 6) is 0.439. The Morgan fingerprint density at radius 3 is 2.66 bits per heavy atom. The molecule has 2 atom stereocenters. The highest BCUT2D eigenvalue weighted by Crippen LogP contribution is 2.15. The number of nitrogens with one attached hydrogen (secondary N) is 2. The van der Waals surface area contributed by atoms with Gasteiger partial charge in [0.05, 0.1) is 6.42 Å². The Labute approximate surface area is 171 Å². The van der Waals surface area contributed by atoms with E-state index in [-0.39, 0.29) is 24.3 Å². The number of aromatic nitrogens is 2. The molecule has 1 saturated heterocycles. The second-order valence-corrected chi connectivity index (χ2v) is 7.41. The van der Waals surface area contributed by atoms with Gasteiger partial charge in [-0.2, -0.15) is 0 Å². The molecule has 2 N–H and O–H groups in total. The lowest BCUT2D eigenvalue weighted by Crippen LogP contribution is -2.54. The number of benzene rings is 1. The van der Waals surface area contributed by atoms with E-state index in [4.69, 9.17) is 0 Å². The fourth-order valence-electron chi connectivity index (χ4n) is 3.62. The number of hydrogen-bond donors (Lipinski definition) is 2. The van der Waals surface area contributed by atoms with Crippen molar-refractivity contribution in [3.63, 3.8) is 0 Å². The minimum atomic E-state index is -0.514. The first-order valence-corrected chi connectivity index (χ1v) is 10.3. The molecule has 154 valence electrons. The lowest BCUT2D eigenvalue weighted by atomic mass is 10.0. The number of piperidine rings is 1. The van der Waals surface area contributed by atoms with Gasteiger partial charge in [0, 0.05) is 31.5 Å². The second kappa shape index (κ2) is 10.5. The number of carbonyl (C=O) groups excluding carboxylic acids is 2. The van der Waals surface area contributed by atoms with Crippen molar-refractivity contribution in [3.05, 3.63) is 54.4 Å². The third-order valence-corrected chi connectivity index (χ3v) is 5.04. The van der Waals surface area contributed by atoms with Crippen molar-refractivity contribution in [3.8, 4) is 0 Å². The molecule has 1 aliphatic rings. The van der Waals surface area contributed by atoms with Crippen molar-refractivity contribution in [1.82, 2.24) is 20.6 Å². The van der Waals surface area contributed by atoms with Crippen LogP contribution in [-0.4, -0.2) is 47.0 Å². The van der Waals surface area contributed by atoms with Gasteiger partial charge in [-0.05, 0) is 30.9 Å². The summed E-state index contributed by atoms with van der Waals surface area (Å²) >= 11 is 0. The van der Waals surface area contributed by atoms with E-state index in [1.807, 2.05) is 37.3 Å². The van der Waals surface area contributed by atoms with Crippen LogP contribution in [-0.2, 0) is 16.0 Å². The fraction of sp³-hybridized carbons (Fsp3) is 0.455. The molecule has 0 spiro atoms. The molecule has 7 heteroatoms. The first kappa shape index (κ1) is 20.8. The topological polar surface area (TPSA) is 87.2 Å². The predicted octanol–water partition coefficient (Wildman–Crippen LogP) is 2.09. The van der Waals surface area contributed by atoms with Gasteiger partial charge in [-0.15, -0.1) is 0 Å². The van der Waals surface area contributed by atoms with E-state index in [1.165, 1.54) is 0 Å². The Hall–Kier alpha value is -2.96. The molecule has 29 heavy (non-hydrogen) atoms. The number of anilines is 1. The van der Waals surface area contributed by atoms with Crippen LogP contribution in [0.25, 0.3) is 0 Å². The third kappa shape index (κ3) is 6.27. The number of amides is 2. The summed E-state index contributed by atoms with van der Waals surface area (Å²) in [5, 5.41) is 6.03. The molecule has 2 unspecified atom stereocenters. The SMILES string of the molecule is CCCC(NC(=O)Cc1ccccc1)C(=O)NC1CCCN(c2ncccn2)C1. The zero-order valence-electron chi connectivity index (χ0n) is 16.9. The molecule has 2 amide bonds. The lowest BCUT2D eigenvalue weighted by Gasteiger charge is -2.33. The summed E-state index contributed by atoms with van der Waals surface area (Å²) in [5.41, 5.74) is 0.937. The van der Waals surface area contributed by atoms with Gasteiger partial charge in [0.25, 0.3) is 0 Å². The Kier molecular flexibility index (Phi) is 7.55. The normalized spacial score (nSPS) is 17.4. The van der Waals surface area contributed by atoms with Gasteiger partial charge < -0.3 is 15.5 Å². The minimum Gasteiger partial charge on any atom is -0.350 e. The van der Waals surface area contributed by atoms with Crippen LogP contribution < -0.4 is 15.5 Å². The summed E-state index contributed by atoms with van der Waals surface area (Å²) in [6.07, 6.45) is 7.03. The molecular formula is C22H29N5O2. The van der Waals surface area contributed by atoms with E-state index in [1.54, 1.807) is 18.5 Å². The molecule has 7 nitrogen and oxygen atoms in total.